The molecular formula is C47H30N4O. The Bertz CT molecular complexity index is 3120. The fourth-order valence-corrected chi connectivity index (χ4v) is 8.21. The summed E-state index contributed by atoms with van der Waals surface area (Å²) in [5, 5.41) is 4.74. The molecule has 0 aliphatic heterocycles. The van der Waals surface area contributed by atoms with E-state index >= 15 is 0 Å². The molecule has 0 amide bonds. The molecule has 0 radical (unpaired) electrons. The van der Waals surface area contributed by atoms with Crippen molar-refractivity contribution >= 4 is 60.9 Å². The lowest BCUT2D eigenvalue weighted by Crippen LogP contribution is -1.98. The molecule has 5 nitrogen and oxygen atoms in total. The Morgan fingerprint density at radius 1 is 0.558 bits per heavy atom. The summed E-state index contributed by atoms with van der Waals surface area (Å²) in [6.07, 6.45) is 7.83. The molecule has 4 aromatic heterocycles. The third kappa shape index (κ3) is 4.30. The van der Waals surface area contributed by atoms with Gasteiger partial charge in [-0.3, -0.25) is 0 Å². The maximum atomic E-state index is 6.34. The molecule has 0 saturated heterocycles. The number of aromatic nitrogens is 4. The first-order valence-corrected chi connectivity index (χ1v) is 17.7. The molecule has 0 spiro atoms. The predicted molar refractivity (Wildman–Crippen MR) is 212 cm³/mol. The molecular weight excluding hydrogens is 637 g/mol. The fourth-order valence-electron chi connectivity index (χ4n) is 8.21. The average Bonchev–Trinajstić information content (AvgIpc) is 3.78. The van der Waals surface area contributed by atoms with E-state index in [0.717, 1.165) is 57.7 Å². The van der Waals surface area contributed by atoms with Crippen molar-refractivity contribution < 1.29 is 4.42 Å². The first kappa shape index (κ1) is 28.9. The maximum Gasteiger partial charge on any atom is 0.180 e. The summed E-state index contributed by atoms with van der Waals surface area (Å²) >= 11 is 0. The number of furan rings is 1. The van der Waals surface area contributed by atoms with Gasteiger partial charge in [0.25, 0.3) is 0 Å². The molecule has 10 aromatic rings. The molecule has 0 saturated carbocycles. The van der Waals surface area contributed by atoms with Crippen LogP contribution in [-0.4, -0.2) is 19.1 Å². The lowest BCUT2D eigenvalue weighted by Gasteiger charge is -2.12. The number of allylic oxidation sites excluding steroid dienone is 1. The molecule has 1 aliphatic rings. The topological polar surface area (TPSA) is 48.8 Å². The highest BCUT2D eigenvalue weighted by atomic mass is 16.3. The van der Waals surface area contributed by atoms with Crippen molar-refractivity contribution in [2.24, 2.45) is 0 Å². The number of para-hydroxylation sites is 3. The zero-order valence-electron chi connectivity index (χ0n) is 28.1. The zero-order chi connectivity index (χ0) is 34.2. The van der Waals surface area contributed by atoms with Crippen molar-refractivity contribution in [2.75, 3.05) is 0 Å². The lowest BCUT2D eigenvalue weighted by atomic mass is 10.00. The molecule has 0 fully saturated rings. The van der Waals surface area contributed by atoms with E-state index < -0.39 is 0 Å². The smallest absolute Gasteiger partial charge is 0.180 e. The molecule has 52 heavy (non-hydrogen) atoms. The number of fused-ring (bicyclic) bond motifs is 9. The summed E-state index contributed by atoms with van der Waals surface area (Å²) in [7, 11) is 0. The Morgan fingerprint density at radius 2 is 1.35 bits per heavy atom. The van der Waals surface area contributed by atoms with Gasteiger partial charge in [-0.15, -0.1) is 5.73 Å². The van der Waals surface area contributed by atoms with Gasteiger partial charge in [-0.2, -0.15) is 0 Å². The van der Waals surface area contributed by atoms with Gasteiger partial charge in [-0.1, -0.05) is 78.9 Å². The molecule has 6 aromatic carbocycles. The monoisotopic (exact) mass is 666 g/mol. The first-order chi connectivity index (χ1) is 25.8. The summed E-state index contributed by atoms with van der Waals surface area (Å²) in [5.41, 5.74) is 18.2. The van der Waals surface area contributed by atoms with Crippen molar-refractivity contribution in [3.05, 3.63) is 169 Å². The van der Waals surface area contributed by atoms with E-state index in [1.54, 1.807) is 6.33 Å². The van der Waals surface area contributed by atoms with E-state index in [4.69, 9.17) is 9.40 Å². The Labute approximate surface area is 299 Å². The van der Waals surface area contributed by atoms with Crippen molar-refractivity contribution in [3.63, 3.8) is 0 Å². The number of nitrogens with zero attached hydrogens (tertiary/aromatic N) is 4. The first-order valence-electron chi connectivity index (χ1n) is 17.7. The minimum atomic E-state index is 0.700. The van der Waals surface area contributed by atoms with Gasteiger partial charge in [0.15, 0.2) is 5.58 Å². The van der Waals surface area contributed by atoms with E-state index in [1.165, 1.54) is 49.4 Å². The standard InChI is InChI=1S/C47H30N4O/c1-3-13-33(14-4-1)50-41-20-9-7-17-36(41)39-27-30(23-25-42(39)50)31-22-24-37-35-16-5-2-6-19-40(35)51(43(37)28-31)34-15-11-12-32(26-34)45-47-46(49-29-48-45)38-18-8-10-21-44(38)52-47/h1-4,7-15,17-29H,5,16H2. The zero-order valence-corrected chi connectivity index (χ0v) is 28.1. The third-order valence-corrected chi connectivity index (χ3v) is 10.5. The Morgan fingerprint density at radius 3 is 2.29 bits per heavy atom. The van der Waals surface area contributed by atoms with E-state index in [-0.39, 0.29) is 0 Å². The molecule has 5 heteroatoms. The van der Waals surface area contributed by atoms with Gasteiger partial charge in [0.2, 0.25) is 0 Å². The SMILES string of the molecule is C1=CCCc2c(n(-c3cccc(-c4ncnc5c4oc4ccccc45)c3)c3cc(-c4ccc5c(c4)c4ccccc4n5-c4ccccc4)ccc23)C=1. The summed E-state index contributed by atoms with van der Waals surface area (Å²) < 4.78 is 11.1. The molecule has 0 unspecified atom stereocenters. The molecule has 4 heterocycles. The maximum absolute atomic E-state index is 6.34. The van der Waals surface area contributed by atoms with Gasteiger partial charge < -0.3 is 13.6 Å². The number of rotatable bonds is 4. The minimum Gasteiger partial charge on any atom is -0.452 e. The second-order valence-corrected chi connectivity index (χ2v) is 13.5. The Balaban J connectivity index is 1.10. The highest BCUT2D eigenvalue weighted by Crippen LogP contribution is 2.39. The van der Waals surface area contributed by atoms with E-state index in [0.29, 0.717) is 5.58 Å². The van der Waals surface area contributed by atoms with Crippen LogP contribution in [0.3, 0.4) is 0 Å². The van der Waals surface area contributed by atoms with Crippen molar-refractivity contribution in [3.8, 4) is 33.8 Å². The summed E-state index contributed by atoms with van der Waals surface area (Å²) in [6, 6.07) is 49.8. The van der Waals surface area contributed by atoms with Gasteiger partial charge in [-0.25, -0.2) is 9.97 Å². The van der Waals surface area contributed by atoms with Crippen LogP contribution in [-0.2, 0) is 6.42 Å². The number of aryl methyl sites for hydroxylation is 1. The summed E-state index contributed by atoms with van der Waals surface area (Å²) in [4.78, 5) is 9.34. The van der Waals surface area contributed by atoms with Crippen molar-refractivity contribution in [1.82, 2.24) is 19.1 Å². The van der Waals surface area contributed by atoms with Gasteiger partial charge in [0.05, 0.1) is 22.2 Å². The largest absolute Gasteiger partial charge is 0.452 e. The molecule has 0 N–H and O–H groups in total. The highest BCUT2D eigenvalue weighted by Gasteiger charge is 2.21. The van der Waals surface area contributed by atoms with Gasteiger partial charge in [-0.05, 0) is 96.3 Å². The van der Waals surface area contributed by atoms with Crippen molar-refractivity contribution in [1.29, 1.82) is 0 Å². The van der Waals surface area contributed by atoms with Crippen LogP contribution < -0.4 is 0 Å². The normalized spacial score (nSPS) is 12.8. The fraction of sp³-hybridized carbons (Fsp3) is 0.0426. The van der Waals surface area contributed by atoms with E-state index in [9.17, 15) is 0 Å². The van der Waals surface area contributed by atoms with Crippen LogP contribution in [0.25, 0.3) is 94.6 Å². The second kappa shape index (κ2) is 11.3. The van der Waals surface area contributed by atoms with Crippen LogP contribution >= 0.6 is 0 Å². The number of hydrogen-bond acceptors (Lipinski definition) is 3. The summed E-state index contributed by atoms with van der Waals surface area (Å²) in [6.45, 7) is 0. The molecule has 1 aliphatic carbocycles. The van der Waals surface area contributed by atoms with Crippen LogP contribution in [0, 0.1) is 0 Å². The molecule has 0 atom stereocenters. The van der Waals surface area contributed by atoms with Crippen LogP contribution in [0.2, 0.25) is 0 Å². The quantitative estimate of drug-likeness (QED) is 0.176. The third-order valence-electron chi connectivity index (χ3n) is 10.5. The highest BCUT2D eigenvalue weighted by molar-refractivity contribution is 6.11. The number of hydrogen-bond donors (Lipinski definition) is 0. The Kier molecular flexibility index (Phi) is 6.27. The molecule has 244 valence electrons. The predicted octanol–water partition coefficient (Wildman–Crippen LogP) is 11.9. The van der Waals surface area contributed by atoms with Crippen LogP contribution in [0.1, 0.15) is 17.7 Å². The van der Waals surface area contributed by atoms with Crippen LogP contribution in [0.5, 0.6) is 0 Å². The average molecular weight is 667 g/mol. The van der Waals surface area contributed by atoms with Crippen LogP contribution in [0.4, 0.5) is 0 Å². The van der Waals surface area contributed by atoms with Gasteiger partial charge in [0, 0.05) is 44.6 Å². The van der Waals surface area contributed by atoms with Crippen LogP contribution in [0.15, 0.2) is 162 Å². The van der Waals surface area contributed by atoms with Gasteiger partial charge >= 0.3 is 0 Å². The lowest BCUT2D eigenvalue weighted by molar-refractivity contribution is 0.667. The minimum absolute atomic E-state index is 0.700. The molecule has 11 rings (SSSR count). The molecule has 0 bridgehead atoms. The van der Waals surface area contributed by atoms with E-state index in [2.05, 4.69) is 147 Å². The second-order valence-electron chi connectivity index (χ2n) is 13.5. The Hall–Kier alpha value is -6.94. The summed E-state index contributed by atoms with van der Waals surface area (Å²) in [5.74, 6) is 0. The van der Waals surface area contributed by atoms with E-state index in [1.807, 2.05) is 24.3 Å². The van der Waals surface area contributed by atoms with Gasteiger partial charge in [0.1, 0.15) is 23.1 Å². The van der Waals surface area contributed by atoms with Crippen molar-refractivity contribution in [2.45, 2.75) is 12.8 Å². The number of benzene rings is 6.